The molecule has 146 valence electrons. The van der Waals surface area contributed by atoms with Crippen molar-refractivity contribution in [3.63, 3.8) is 0 Å². The molecule has 0 saturated carbocycles. The first-order valence-corrected chi connectivity index (χ1v) is 9.00. The highest BCUT2D eigenvalue weighted by Gasteiger charge is 2.24. The molecule has 0 bridgehead atoms. The molecule has 28 heavy (non-hydrogen) atoms. The molecule has 3 rings (SSSR count). The maximum absolute atomic E-state index is 11.8. The van der Waals surface area contributed by atoms with Gasteiger partial charge < -0.3 is 9.84 Å². The molecule has 0 aliphatic carbocycles. The SMILES string of the molecule is COC(=O)C(=O)CCc1cc(-n2nc3ccccc3n2)c(O)c(C(C)(C)C)c1. The lowest BCUT2D eigenvalue weighted by atomic mass is 9.84. The fraction of sp³-hybridized carbons (Fsp3) is 0.333. The van der Waals surface area contributed by atoms with Gasteiger partial charge >= 0.3 is 5.97 Å². The zero-order valence-electron chi connectivity index (χ0n) is 16.4. The van der Waals surface area contributed by atoms with Crippen LogP contribution in [-0.2, 0) is 26.2 Å². The van der Waals surface area contributed by atoms with E-state index in [1.807, 2.05) is 51.1 Å². The van der Waals surface area contributed by atoms with Crippen molar-refractivity contribution in [2.45, 2.75) is 39.0 Å². The number of esters is 1. The standard InChI is InChI=1S/C21H23N3O4/c1-21(2,3)14-11-13(9-10-18(25)20(27)28-4)12-17(19(14)26)24-22-15-7-5-6-8-16(15)23-24/h5-8,11-12,26H,9-10H2,1-4H3. The van der Waals surface area contributed by atoms with Crippen molar-refractivity contribution in [3.05, 3.63) is 47.5 Å². The maximum atomic E-state index is 11.8. The van der Waals surface area contributed by atoms with Crippen LogP contribution in [0.2, 0.25) is 0 Å². The number of phenols is 1. The van der Waals surface area contributed by atoms with Gasteiger partial charge in [0.1, 0.15) is 22.5 Å². The molecule has 1 heterocycles. The van der Waals surface area contributed by atoms with E-state index in [1.165, 1.54) is 11.9 Å². The molecular formula is C21H23N3O4. The summed E-state index contributed by atoms with van der Waals surface area (Å²) in [6.45, 7) is 5.96. The summed E-state index contributed by atoms with van der Waals surface area (Å²) in [5.74, 6) is -1.34. The van der Waals surface area contributed by atoms with E-state index in [2.05, 4.69) is 14.9 Å². The first kappa shape index (κ1) is 19.5. The zero-order valence-corrected chi connectivity index (χ0v) is 16.4. The molecule has 1 N–H and O–H groups in total. The molecule has 2 aromatic carbocycles. The van der Waals surface area contributed by atoms with Crippen LogP contribution in [0.25, 0.3) is 16.7 Å². The molecule has 0 saturated heterocycles. The van der Waals surface area contributed by atoms with Gasteiger partial charge in [-0.3, -0.25) is 4.79 Å². The molecule has 0 fully saturated rings. The number of carbonyl (C=O) groups is 2. The predicted molar refractivity (Wildman–Crippen MR) is 105 cm³/mol. The molecular weight excluding hydrogens is 358 g/mol. The van der Waals surface area contributed by atoms with E-state index >= 15 is 0 Å². The lowest BCUT2D eigenvalue weighted by Gasteiger charge is -2.23. The van der Waals surface area contributed by atoms with Crippen LogP contribution in [0.4, 0.5) is 0 Å². The van der Waals surface area contributed by atoms with E-state index in [9.17, 15) is 14.7 Å². The van der Waals surface area contributed by atoms with Gasteiger partial charge in [0.2, 0.25) is 5.78 Å². The average Bonchev–Trinajstić information content (AvgIpc) is 3.09. The van der Waals surface area contributed by atoms with Crippen molar-refractivity contribution in [3.8, 4) is 11.4 Å². The van der Waals surface area contributed by atoms with Gasteiger partial charge in [0.15, 0.2) is 0 Å². The number of methoxy groups -OCH3 is 1. The number of ether oxygens (including phenoxy) is 1. The molecule has 3 aromatic rings. The summed E-state index contributed by atoms with van der Waals surface area (Å²) >= 11 is 0. The molecule has 0 amide bonds. The summed E-state index contributed by atoms with van der Waals surface area (Å²) in [7, 11) is 1.19. The average molecular weight is 381 g/mol. The number of carbonyl (C=O) groups excluding carboxylic acids is 2. The van der Waals surface area contributed by atoms with Crippen LogP contribution in [-0.4, -0.2) is 39.0 Å². The normalized spacial score (nSPS) is 11.6. The van der Waals surface area contributed by atoms with E-state index in [0.29, 0.717) is 28.7 Å². The van der Waals surface area contributed by atoms with Gasteiger partial charge in [-0.1, -0.05) is 39.0 Å². The third-order valence-corrected chi connectivity index (χ3v) is 4.51. The van der Waals surface area contributed by atoms with Gasteiger partial charge in [-0.15, -0.1) is 15.0 Å². The Kier molecular flexibility index (Phi) is 5.18. The van der Waals surface area contributed by atoms with Crippen LogP contribution in [0.15, 0.2) is 36.4 Å². The first-order chi connectivity index (χ1) is 13.2. The summed E-state index contributed by atoms with van der Waals surface area (Å²) in [6, 6.07) is 11.0. The first-order valence-electron chi connectivity index (χ1n) is 9.00. The Bertz CT molecular complexity index is 1010. The van der Waals surface area contributed by atoms with E-state index < -0.39 is 11.8 Å². The smallest absolute Gasteiger partial charge is 0.374 e. The number of aryl methyl sites for hydroxylation is 1. The van der Waals surface area contributed by atoms with Gasteiger partial charge in [-0.05, 0) is 35.6 Å². The molecule has 0 atom stereocenters. The van der Waals surface area contributed by atoms with Crippen LogP contribution in [0, 0.1) is 0 Å². The topological polar surface area (TPSA) is 94.3 Å². The Morgan fingerprint density at radius 2 is 1.71 bits per heavy atom. The summed E-state index contributed by atoms with van der Waals surface area (Å²) in [5.41, 5.74) is 3.04. The third-order valence-electron chi connectivity index (χ3n) is 4.51. The summed E-state index contributed by atoms with van der Waals surface area (Å²) in [5, 5.41) is 19.8. The van der Waals surface area contributed by atoms with Crippen LogP contribution < -0.4 is 0 Å². The molecule has 1 aromatic heterocycles. The van der Waals surface area contributed by atoms with Crippen LogP contribution in [0.3, 0.4) is 0 Å². The van der Waals surface area contributed by atoms with Crippen LogP contribution in [0.1, 0.15) is 38.3 Å². The van der Waals surface area contributed by atoms with Gasteiger partial charge in [0.05, 0.1) is 7.11 Å². The Labute approximate surface area is 162 Å². The summed E-state index contributed by atoms with van der Waals surface area (Å²) in [4.78, 5) is 24.6. The minimum Gasteiger partial charge on any atom is -0.505 e. The number of Topliss-reactive ketones (excluding diaryl/α,β-unsaturated/α-hetero) is 1. The number of hydrogen-bond acceptors (Lipinski definition) is 6. The second-order valence-corrected chi connectivity index (χ2v) is 7.65. The predicted octanol–water partition coefficient (Wildman–Crippen LogP) is 3.10. The number of aromatic hydroxyl groups is 1. The molecule has 7 nitrogen and oxygen atoms in total. The van der Waals surface area contributed by atoms with Gasteiger partial charge in [0, 0.05) is 12.0 Å². The quantitative estimate of drug-likeness (QED) is 0.539. The Morgan fingerprint density at radius 3 is 2.25 bits per heavy atom. The monoisotopic (exact) mass is 381 g/mol. The molecule has 0 aliphatic heterocycles. The third kappa shape index (κ3) is 3.88. The fourth-order valence-electron chi connectivity index (χ4n) is 2.99. The Balaban J connectivity index is 2.05. The van der Waals surface area contributed by atoms with Gasteiger partial charge in [-0.2, -0.15) is 0 Å². The fourth-order valence-corrected chi connectivity index (χ4v) is 2.99. The number of aromatic nitrogens is 3. The summed E-state index contributed by atoms with van der Waals surface area (Å²) < 4.78 is 4.47. The van der Waals surface area contributed by atoms with E-state index in [0.717, 1.165) is 5.56 Å². The molecule has 7 heteroatoms. The number of fused-ring (bicyclic) bond motifs is 1. The number of nitrogens with zero attached hydrogens (tertiary/aromatic N) is 3. The van der Waals surface area contributed by atoms with Crippen molar-refractivity contribution >= 4 is 22.8 Å². The second-order valence-electron chi connectivity index (χ2n) is 7.65. The van der Waals surface area contributed by atoms with Crippen molar-refractivity contribution < 1.29 is 19.4 Å². The zero-order chi connectivity index (χ0) is 20.5. The largest absolute Gasteiger partial charge is 0.505 e. The van der Waals surface area contributed by atoms with E-state index in [4.69, 9.17) is 0 Å². The number of hydrogen-bond donors (Lipinski definition) is 1. The van der Waals surface area contributed by atoms with Crippen LogP contribution >= 0.6 is 0 Å². The minimum absolute atomic E-state index is 0.0228. The maximum Gasteiger partial charge on any atom is 0.374 e. The van der Waals surface area contributed by atoms with Crippen molar-refractivity contribution in [2.24, 2.45) is 0 Å². The molecule has 0 unspecified atom stereocenters. The lowest BCUT2D eigenvalue weighted by Crippen LogP contribution is -2.17. The van der Waals surface area contributed by atoms with Gasteiger partial charge in [-0.25, -0.2) is 4.79 Å². The van der Waals surface area contributed by atoms with Crippen molar-refractivity contribution in [2.75, 3.05) is 7.11 Å². The lowest BCUT2D eigenvalue weighted by molar-refractivity contribution is -0.151. The number of phenolic OH excluding ortho intramolecular Hbond substituents is 1. The Hall–Kier alpha value is -3.22. The molecule has 0 spiro atoms. The highest BCUT2D eigenvalue weighted by Crippen LogP contribution is 2.36. The van der Waals surface area contributed by atoms with E-state index in [1.54, 1.807) is 6.07 Å². The van der Waals surface area contributed by atoms with Crippen molar-refractivity contribution in [1.29, 1.82) is 0 Å². The highest BCUT2D eigenvalue weighted by atomic mass is 16.5. The Morgan fingerprint density at radius 1 is 1.11 bits per heavy atom. The van der Waals surface area contributed by atoms with Gasteiger partial charge in [0.25, 0.3) is 0 Å². The molecule has 0 radical (unpaired) electrons. The molecule has 0 aliphatic rings. The second kappa shape index (κ2) is 7.42. The highest BCUT2D eigenvalue weighted by molar-refractivity contribution is 6.33. The number of ketones is 1. The van der Waals surface area contributed by atoms with E-state index in [-0.39, 0.29) is 17.6 Å². The van der Waals surface area contributed by atoms with Crippen molar-refractivity contribution in [1.82, 2.24) is 15.0 Å². The van der Waals surface area contributed by atoms with Crippen LogP contribution in [0.5, 0.6) is 5.75 Å². The summed E-state index contributed by atoms with van der Waals surface area (Å²) in [6.07, 6.45) is 0.361. The minimum atomic E-state index is -0.852. The number of benzene rings is 2. The number of rotatable bonds is 5.